The molecule has 1 fully saturated rings. The van der Waals surface area contributed by atoms with Crippen molar-refractivity contribution in [3.8, 4) is 0 Å². The zero-order valence-electron chi connectivity index (χ0n) is 9.48. The van der Waals surface area contributed by atoms with Gasteiger partial charge in [0.15, 0.2) is 0 Å². The summed E-state index contributed by atoms with van der Waals surface area (Å²) in [6, 6.07) is 0.655. The molecule has 0 aliphatic heterocycles. The van der Waals surface area contributed by atoms with Gasteiger partial charge in [-0.1, -0.05) is 13.8 Å². The lowest BCUT2D eigenvalue weighted by Gasteiger charge is -2.19. The summed E-state index contributed by atoms with van der Waals surface area (Å²) in [6.45, 7) is 5.52. The van der Waals surface area contributed by atoms with Gasteiger partial charge < -0.3 is 5.32 Å². The highest BCUT2D eigenvalue weighted by molar-refractivity contribution is 4.95. The van der Waals surface area contributed by atoms with Gasteiger partial charge in [0.25, 0.3) is 0 Å². The van der Waals surface area contributed by atoms with Crippen molar-refractivity contribution in [2.75, 3.05) is 0 Å². The zero-order valence-corrected chi connectivity index (χ0v) is 9.48. The maximum Gasteiger partial charge on any atom is 0.0724 e. The fraction of sp³-hybridized carbons (Fsp3) is 0.667. The van der Waals surface area contributed by atoms with E-state index in [-0.39, 0.29) is 0 Å². The van der Waals surface area contributed by atoms with Gasteiger partial charge in [0, 0.05) is 31.2 Å². The first-order valence-corrected chi connectivity index (χ1v) is 5.75. The van der Waals surface area contributed by atoms with Crippen LogP contribution >= 0.6 is 0 Å². The van der Waals surface area contributed by atoms with E-state index in [0.29, 0.717) is 6.04 Å². The van der Waals surface area contributed by atoms with Gasteiger partial charge in [-0.3, -0.25) is 9.97 Å². The third kappa shape index (κ3) is 2.53. The van der Waals surface area contributed by atoms with Gasteiger partial charge in [-0.25, -0.2) is 0 Å². The molecule has 3 unspecified atom stereocenters. The minimum Gasteiger partial charge on any atom is -0.308 e. The summed E-state index contributed by atoms with van der Waals surface area (Å²) in [5.74, 6) is 1.63. The molecule has 82 valence electrons. The number of hydrogen-bond acceptors (Lipinski definition) is 3. The van der Waals surface area contributed by atoms with Crippen LogP contribution < -0.4 is 5.32 Å². The smallest absolute Gasteiger partial charge is 0.0724 e. The van der Waals surface area contributed by atoms with Crippen LogP contribution in [-0.4, -0.2) is 16.0 Å². The standard InChI is InChI=1S/C12H19N3/c1-9-3-4-12(10(9)2)15-8-11-7-13-5-6-14-11/h5-7,9-10,12,15H,3-4,8H2,1-2H3. The molecule has 2 rings (SSSR count). The van der Waals surface area contributed by atoms with Crippen molar-refractivity contribution in [3.05, 3.63) is 24.3 Å². The number of hydrogen-bond donors (Lipinski definition) is 1. The average molecular weight is 205 g/mol. The van der Waals surface area contributed by atoms with Crippen molar-refractivity contribution in [3.63, 3.8) is 0 Å². The second-order valence-corrected chi connectivity index (χ2v) is 4.60. The molecule has 1 saturated carbocycles. The van der Waals surface area contributed by atoms with Crippen LogP contribution in [0.4, 0.5) is 0 Å². The number of nitrogens with one attached hydrogen (secondary N) is 1. The molecule has 0 bridgehead atoms. The quantitative estimate of drug-likeness (QED) is 0.820. The molecule has 1 N–H and O–H groups in total. The molecular formula is C12H19N3. The highest BCUT2D eigenvalue weighted by atomic mass is 14.9. The molecule has 1 aromatic heterocycles. The first-order chi connectivity index (χ1) is 7.27. The van der Waals surface area contributed by atoms with Gasteiger partial charge in [0.05, 0.1) is 5.69 Å². The molecule has 1 aliphatic carbocycles. The lowest BCUT2D eigenvalue weighted by atomic mass is 9.98. The molecule has 0 saturated heterocycles. The molecule has 15 heavy (non-hydrogen) atoms. The van der Waals surface area contributed by atoms with Crippen LogP contribution in [0.1, 0.15) is 32.4 Å². The molecule has 0 radical (unpaired) electrons. The maximum absolute atomic E-state index is 4.26. The van der Waals surface area contributed by atoms with Crippen molar-refractivity contribution < 1.29 is 0 Å². The predicted molar refractivity (Wildman–Crippen MR) is 60.2 cm³/mol. The summed E-state index contributed by atoms with van der Waals surface area (Å²) in [4.78, 5) is 8.32. The van der Waals surface area contributed by atoms with Crippen molar-refractivity contribution in [2.45, 2.75) is 39.3 Å². The lowest BCUT2D eigenvalue weighted by molar-refractivity contribution is 0.368. The molecule has 0 amide bonds. The minimum atomic E-state index is 0.655. The van der Waals surface area contributed by atoms with E-state index >= 15 is 0 Å². The fourth-order valence-corrected chi connectivity index (χ4v) is 2.31. The maximum atomic E-state index is 4.26. The van der Waals surface area contributed by atoms with Crippen LogP contribution in [0.3, 0.4) is 0 Å². The van der Waals surface area contributed by atoms with E-state index < -0.39 is 0 Å². The Morgan fingerprint density at radius 2 is 2.20 bits per heavy atom. The zero-order chi connectivity index (χ0) is 10.7. The van der Waals surface area contributed by atoms with Crippen LogP contribution in [0.5, 0.6) is 0 Å². The van der Waals surface area contributed by atoms with Crippen LogP contribution in [0, 0.1) is 11.8 Å². The normalized spacial score (nSPS) is 30.7. The van der Waals surface area contributed by atoms with Crippen molar-refractivity contribution in [1.29, 1.82) is 0 Å². The Morgan fingerprint density at radius 3 is 2.80 bits per heavy atom. The largest absolute Gasteiger partial charge is 0.308 e. The second-order valence-electron chi connectivity index (χ2n) is 4.60. The van der Waals surface area contributed by atoms with E-state index in [1.807, 2.05) is 6.20 Å². The highest BCUT2D eigenvalue weighted by Gasteiger charge is 2.28. The third-order valence-corrected chi connectivity index (χ3v) is 3.63. The third-order valence-electron chi connectivity index (χ3n) is 3.63. The Kier molecular flexibility index (Phi) is 3.31. The molecule has 3 nitrogen and oxygen atoms in total. The van der Waals surface area contributed by atoms with E-state index in [4.69, 9.17) is 0 Å². The van der Waals surface area contributed by atoms with Crippen LogP contribution in [0.15, 0.2) is 18.6 Å². The van der Waals surface area contributed by atoms with Gasteiger partial charge in [-0.2, -0.15) is 0 Å². The summed E-state index contributed by atoms with van der Waals surface area (Å²) >= 11 is 0. The van der Waals surface area contributed by atoms with Crippen molar-refractivity contribution >= 4 is 0 Å². The molecule has 0 spiro atoms. The number of aromatic nitrogens is 2. The average Bonchev–Trinajstić information content (AvgIpc) is 2.59. The summed E-state index contributed by atoms with van der Waals surface area (Å²) < 4.78 is 0. The molecular weight excluding hydrogens is 186 g/mol. The summed E-state index contributed by atoms with van der Waals surface area (Å²) in [7, 11) is 0. The first kappa shape index (κ1) is 10.6. The molecule has 0 aromatic carbocycles. The molecule has 1 heterocycles. The Bertz CT molecular complexity index is 299. The topological polar surface area (TPSA) is 37.8 Å². The summed E-state index contributed by atoms with van der Waals surface area (Å²) in [5.41, 5.74) is 1.03. The Hall–Kier alpha value is -0.960. The highest BCUT2D eigenvalue weighted by Crippen LogP contribution is 2.31. The van der Waals surface area contributed by atoms with E-state index in [1.165, 1.54) is 12.8 Å². The minimum absolute atomic E-state index is 0.655. The SMILES string of the molecule is CC1CCC(NCc2cnccn2)C1C. The lowest BCUT2D eigenvalue weighted by Crippen LogP contribution is -2.32. The predicted octanol–water partition coefficient (Wildman–Crippen LogP) is 2.00. The van der Waals surface area contributed by atoms with Gasteiger partial charge in [-0.05, 0) is 24.7 Å². The molecule has 3 atom stereocenters. The van der Waals surface area contributed by atoms with E-state index in [9.17, 15) is 0 Å². The van der Waals surface area contributed by atoms with Crippen LogP contribution in [-0.2, 0) is 6.54 Å². The van der Waals surface area contributed by atoms with E-state index in [1.54, 1.807) is 12.4 Å². The van der Waals surface area contributed by atoms with Crippen LogP contribution in [0.25, 0.3) is 0 Å². The van der Waals surface area contributed by atoms with E-state index in [0.717, 1.165) is 24.1 Å². The first-order valence-electron chi connectivity index (χ1n) is 5.75. The van der Waals surface area contributed by atoms with Gasteiger partial charge in [0.1, 0.15) is 0 Å². The van der Waals surface area contributed by atoms with E-state index in [2.05, 4.69) is 29.1 Å². The number of rotatable bonds is 3. The molecule has 3 heteroatoms. The monoisotopic (exact) mass is 205 g/mol. The fourth-order valence-electron chi connectivity index (χ4n) is 2.31. The Balaban J connectivity index is 1.84. The van der Waals surface area contributed by atoms with Crippen molar-refractivity contribution in [1.82, 2.24) is 15.3 Å². The Morgan fingerprint density at radius 1 is 1.33 bits per heavy atom. The Labute approximate surface area is 91.3 Å². The molecule has 1 aliphatic rings. The van der Waals surface area contributed by atoms with Gasteiger partial charge in [-0.15, -0.1) is 0 Å². The number of nitrogens with zero attached hydrogens (tertiary/aromatic N) is 2. The second kappa shape index (κ2) is 4.71. The molecule has 1 aromatic rings. The summed E-state index contributed by atoms with van der Waals surface area (Å²) in [5, 5.41) is 3.58. The van der Waals surface area contributed by atoms with Crippen LogP contribution in [0.2, 0.25) is 0 Å². The van der Waals surface area contributed by atoms with Gasteiger partial charge >= 0.3 is 0 Å². The summed E-state index contributed by atoms with van der Waals surface area (Å²) in [6.07, 6.45) is 7.93. The van der Waals surface area contributed by atoms with Gasteiger partial charge in [0.2, 0.25) is 0 Å². The van der Waals surface area contributed by atoms with Crippen molar-refractivity contribution in [2.24, 2.45) is 11.8 Å².